The van der Waals surface area contributed by atoms with Crippen LogP contribution in [0.25, 0.3) is 0 Å². The molecule has 1 atom stereocenters. The lowest BCUT2D eigenvalue weighted by Crippen LogP contribution is -2.44. The first-order valence-corrected chi connectivity index (χ1v) is 8.14. The molecule has 0 rings (SSSR count). The Bertz CT molecular complexity index is 273. The van der Waals surface area contributed by atoms with Crippen molar-refractivity contribution in [1.29, 1.82) is 0 Å². The summed E-state index contributed by atoms with van der Waals surface area (Å²) in [6.45, 7) is 7.61. The molecule has 0 saturated carbocycles. The van der Waals surface area contributed by atoms with Crippen molar-refractivity contribution in [2.75, 3.05) is 31.8 Å². The van der Waals surface area contributed by atoms with E-state index < -0.39 is 9.84 Å². The van der Waals surface area contributed by atoms with Gasteiger partial charge in [-0.25, -0.2) is 8.42 Å². The zero-order valence-corrected chi connectivity index (χ0v) is 12.0. The standard InChI is InChI=1S/C11H25NO4S/c1-5-12-10(8-9-17(4,13)14)11(15-6-2)16-7-3/h10-12H,5-9H2,1-4H3. The Morgan fingerprint density at radius 1 is 1.12 bits per heavy atom. The van der Waals surface area contributed by atoms with Gasteiger partial charge >= 0.3 is 0 Å². The maximum atomic E-state index is 11.2. The van der Waals surface area contributed by atoms with Crippen LogP contribution in [0, 0.1) is 0 Å². The molecular weight excluding hydrogens is 242 g/mol. The van der Waals surface area contributed by atoms with Gasteiger partial charge in [0.25, 0.3) is 0 Å². The van der Waals surface area contributed by atoms with Gasteiger partial charge in [-0.3, -0.25) is 0 Å². The smallest absolute Gasteiger partial charge is 0.172 e. The molecule has 0 aromatic carbocycles. The number of nitrogens with one attached hydrogen (secondary N) is 1. The quantitative estimate of drug-likeness (QED) is 0.593. The summed E-state index contributed by atoms with van der Waals surface area (Å²) >= 11 is 0. The number of hydrogen-bond acceptors (Lipinski definition) is 5. The van der Waals surface area contributed by atoms with Crippen molar-refractivity contribution in [2.24, 2.45) is 0 Å². The van der Waals surface area contributed by atoms with E-state index in [0.29, 0.717) is 19.6 Å². The van der Waals surface area contributed by atoms with E-state index in [4.69, 9.17) is 9.47 Å². The predicted octanol–water partition coefficient (Wildman–Crippen LogP) is 0.798. The van der Waals surface area contributed by atoms with Crippen molar-refractivity contribution in [3.8, 4) is 0 Å². The summed E-state index contributed by atoms with van der Waals surface area (Å²) in [4.78, 5) is 0. The molecular formula is C11H25NO4S. The fraction of sp³-hybridized carbons (Fsp3) is 1.00. The van der Waals surface area contributed by atoms with Crippen LogP contribution < -0.4 is 5.32 Å². The van der Waals surface area contributed by atoms with Crippen molar-refractivity contribution in [2.45, 2.75) is 39.5 Å². The van der Waals surface area contributed by atoms with Crippen LogP contribution >= 0.6 is 0 Å². The van der Waals surface area contributed by atoms with Gasteiger partial charge in [-0.15, -0.1) is 0 Å². The number of likely N-dealkylation sites (N-methyl/N-ethyl adjacent to an activating group) is 1. The molecule has 0 aromatic heterocycles. The second-order valence-electron chi connectivity index (χ2n) is 3.86. The zero-order chi connectivity index (χ0) is 13.3. The number of hydrogen-bond donors (Lipinski definition) is 1. The average Bonchev–Trinajstić information content (AvgIpc) is 2.23. The van der Waals surface area contributed by atoms with Gasteiger partial charge in [0.15, 0.2) is 6.29 Å². The number of rotatable bonds is 10. The molecule has 0 radical (unpaired) electrons. The molecule has 0 aliphatic heterocycles. The molecule has 0 amide bonds. The van der Waals surface area contributed by atoms with E-state index in [9.17, 15) is 8.42 Å². The van der Waals surface area contributed by atoms with E-state index in [1.54, 1.807) is 0 Å². The van der Waals surface area contributed by atoms with Gasteiger partial charge in [-0.1, -0.05) is 6.92 Å². The number of ether oxygens (including phenoxy) is 2. The molecule has 0 fully saturated rings. The molecule has 0 aliphatic carbocycles. The first-order chi connectivity index (χ1) is 7.94. The van der Waals surface area contributed by atoms with Crippen LogP contribution in [-0.2, 0) is 19.3 Å². The summed E-state index contributed by atoms with van der Waals surface area (Å²) in [6.07, 6.45) is 1.36. The van der Waals surface area contributed by atoms with Gasteiger partial charge in [0.1, 0.15) is 9.84 Å². The third kappa shape index (κ3) is 8.54. The zero-order valence-electron chi connectivity index (χ0n) is 11.2. The maximum Gasteiger partial charge on any atom is 0.172 e. The first kappa shape index (κ1) is 16.8. The summed E-state index contributed by atoms with van der Waals surface area (Å²) in [5.41, 5.74) is 0. The van der Waals surface area contributed by atoms with Gasteiger partial charge in [0, 0.05) is 19.5 Å². The minimum Gasteiger partial charge on any atom is -0.351 e. The minimum absolute atomic E-state index is 0.0883. The molecule has 0 bridgehead atoms. The largest absolute Gasteiger partial charge is 0.351 e. The van der Waals surface area contributed by atoms with E-state index in [1.165, 1.54) is 6.26 Å². The van der Waals surface area contributed by atoms with E-state index in [0.717, 1.165) is 6.54 Å². The fourth-order valence-electron chi connectivity index (χ4n) is 1.55. The van der Waals surface area contributed by atoms with Gasteiger partial charge in [-0.2, -0.15) is 0 Å². The molecule has 0 saturated heterocycles. The Morgan fingerprint density at radius 3 is 2.00 bits per heavy atom. The highest BCUT2D eigenvalue weighted by molar-refractivity contribution is 7.90. The van der Waals surface area contributed by atoms with E-state index >= 15 is 0 Å². The maximum absolute atomic E-state index is 11.2. The average molecular weight is 267 g/mol. The summed E-state index contributed by atoms with van der Waals surface area (Å²) < 4.78 is 33.3. The van der Waals surface area contributed by atoms with Crippen LogP contribution in [0.15, 0.2) is 0 Å². The van der Waals surface area contributed by atoms with Crippen LogP contribution in [0.4, 0.5) is 0 Å². The number of sulfone groups is 1. The lowest BCUT2D eigenvalue weighted by atomic mass is 10.2. The van der Waals surface area contributed by atoms with Crippen molar-refractivity contribution >= 4 is 9.84 Å². The molecule has 104 valence electrons. The lowest BCUT2D eigenvalue weighted by molar-refractivity contribution is -0.154. The molecule has 0 spiro atoms. The highest BCUT2D eigenvalue weighted by atomic mass is 32.2. The molecule has 6 heteroatoms. The fourth-order valence-corrected chi connectivity index (χ4v) is 2.23. The molecule has 5 nitrogen and oxygen atoms in total. The third-order valence-corrected chi connectivity index (χ3v) is 3.23. The van der Waals surface area contributed by atoms with E-state index in [1.807, 2.05) is 20.8 Å². The molecule has 1 unspecified atom stereocenters. The highest BCUT2D eigenvalue weighted by Gasteiger charge is 2.22. The summed E-state index contributed by atoms with van der Waals surface area (Å²) in [5, 5.41) is 3.21. The summed E-state index contributed by atoms with van der Waals surface area (Å²) in [5.74, 6) is 0.140. The van der Waals surface area contributed by atoms with Crippen LogP contribution in [0.1, 0.15) is 27.2 Å². The van der Waals surface area contributed by atoms with Gasteiger partial charge < -0.3 is 14.8 Å². The van der Waals surface area contributed by atoms with Gasteiger partial charge in [0.2, 0.25) is 0 Å². The molecule has 0 aromatic rings. The normalized spacial score (nSPS) is 14.2. The molecule has 17 heavy (non-hydrogen) atoms. The Labute approximate surface area is 105 Å². The topological polar surface area (TPSA) is 64.6 Å². The van der Waals surface area contributed by atoms with Crippen molar-refractivity contribution in [3.05, 3.63) is 0 Å². The molecule has 1 N–H and O–H groups in total. The van der Waals surface area contributed by atoms with Crippen LogP contribution in [0.5, 0.6) is 0 Å². The lowest BCUT2D eigenvalue weighted by Gasteiger charge is -2.27. The van der Waals surface area contributed by atoms with Crippen LogP contribution in [-0.4, -0.2) is 52.5 Å². The Morgan fingerprint density at radius 2 is 1.65 bits per heavy atom. The van der Waals surface area contributed by atoms with Crippen molar-refractivity contribution in [3.63, 3.8) is 0 Å². The van der Waals surface area contributed by atoms with Gasteiger partial charge in [0.05, 0.1) is 11.8 Å². The third-order valence-electron chi connectivity index (χ3n) is 2.26. The Hall–Kier alpha value is -0.170. The van der Waals surface area contributed by atoms with Gasteiger partial charge in [-0.05, 0) is 26.8 Å². The summed E-state index contributed by atoms with van der Waals surface area (Å²) in [7, 11) is -2.95. The van der Waals surface area contributed by atoms with Crippen molar-refractivity contribution < 1.29 is 17.9 Å². The van der Waals surface area contributed by atoms with E-state index in [-0.39, 0.29) is 18.1 Å². The Kier molecular flexibility index (Phi) is 8.77. The second kappa shape index (κ2) is 8.85. The van der Waals surface area contributed by atoms with Crippen molar-refractivity contribution in [1.82, 2.24) is 5.32 Å². The predicted molar refractivity (Wildman–Crippen MR) is 68.8 cm³/mol. The second-order valence-corrected chi connectivity index (χ2v) is 6.12. The highest BCUT2D eigenvalue weighted by Crippen LogP contribution is 2.08. The molecule has 0 heterocycles. The van der Waals surface area contributed by atoms with Crippen LogP contribution in [0.2, 0.25) is 0 Å². The SMILES string of the molecule is CCNC(CCS(C)(=O)=O)C(OCC)OCC. The Balaban J connectivity index is 4.43. The van der Waals surface area contributed by atoms with E-state index in [2.05, 4.69) is 5.32 Å². The van der Waals surface area contributed by atoms with Crippen LogP contribution in [0.3, 0.4) is 0 Å². The first-order valence-electron chi connectivity index (χ1n) is 6.08. The minimum atomic E-state index is -2.95. The summed E-state index contributed by atoms with van der Waals surface area (Å²) in [6, 6.07) is -0.0883. The molecule has 0 aliphatic rings. The monoisotopic (exact) mass is 267 g/mol.